The fourth-order valence-corrected chi connectivity index (χ4v) is 7.15. The van der Waals surface area contributed by atoms with Crippen molar-refractivity contribution in [2.75, 3.05) is 14.2 Å². The van der Waals surface area contributed by atoms with E-state index in [4.69, 9.17) is 4.74 Å². The first-order valence-electron chi connectivity index (χ1n) is 13.8. The van der Waals surface area contributed by atoms with Crippen molar-refractivity contribution in [3.05, 3.63) is 65.2 Å². The molecule has 0 bridgehead atoms. The number of nitrogens with zero attached hydrogens (tertiary/aromatic N) is 2. The minimum absolute atomic E-state index is 0.117. The van der Waals surface area contributed by atoms with Crippen LogP contribution < -0.4 is 0 Å². The van der Waals surface area contributed by atoms with Crippen molar-refractivity contribution >= 4 is 28.9 Å². The monoisotopic (exact) mass is 496 g/mol. The summed E-state index contributed by atoms with van der Waals surface area (Å²) < 4.78 is 7.57. The summed E-state index contributed by atoms with van der Waals surface area (Å²) in [7, 11) is 3.18. The summed E-state index contributed by atoms with van der Waals surface area (Å²) in [6.45, 7) is 0.771. The van der Waals surface area contributed by atoms with Crippen LogP contribution in [0.4, 0.5) is 0 Å². The summed E-state index contributed by atoms with van der Waals surface area (Å²) >= 11 is 0. The zero-order valence-electron chi connectivity index (χ0n) is 22.0. The Bertz CT molecular complexity index is 1390. The Morgan fingerprint density at radius 3 is 2.51 bits per heavy atom. The predicted molar refractivity (Wildman–Crippen MR) is 148 cm³/mol. The van der Waals surface area contributed by atoms with E-state index in [9.17, 15) is 9.59 Å². The van der Waals surface area contributed by atoms with Gasteiger partial charge in [0.15, 0.2) is 0 Å². The summed E-state index contributed by atoms with van der Waals surface area (Å²) in [5.41, 5.74) is 6.14. The van der Waals surface area contributed by atoms with Gasteiger partial charge in [-0.3, -0.25) is 4.79 Å². The number of methoxy groups -OCH3 is 1. The molecule has 37 heavy (non-hydrogen) atoms. The fraction of sp³-hybridized carbons (Fsp3) is 0.438. The van der Waals surface area contributed by atoms with Gasteiger partial charge >= 0.3 is 5.97 Å². The van der Waals surface area contributed by atoms with E-state index in [0.717, 1.165) is 24.9 Å². The highest BCUT2D eigenvalue weighted by Crippen LogP contribution is 2.46. The first-order valence-corrected chi connectivity index (χ1v) is 13.8. The van der Waals surface area contributed by atoms with Crippen LogP contribution in [0.3, 0.4) is 0 Å². The van der Waals surface area contributed by atoms with Crippen LogP contribution >= 0.6 is 0 Å². The Labute approximate surface area is 219 Å². The van der Waals surface area contributed by atoms with Gasteiger partial charge in [0.1, 0.15) is 5.54 Å². The molecule has 0 N–H and O–H groups in total. The number of likely N-dealkylation sites (N-methyl/N-ethyl adjacent to an activating group) is 1. The third-order valence-corrected chi connectivity index (χ3v) is 9.11. The molecular formula is C32H36N2O3. The number of carbonyl (C=O) groups excluding carboxylic acids is 2. The normalized spacial score (nSPS) is 18.8. The molecule has 2 heterocycles. The molecular weight excluding hydrogens is 460 g/mol. The second-order valence-corrected chi connectivity index (χ2v) is 11.0. The summed E-state index contributed by atoms with van der Waals surface area (Å²) in [6.07, 6.45) is 13.9. The maximum Gasteiger partial charge on any atom is 0.331 e. The van der Waals surface area contributed by atoms with Crippen molar-refractivity contribution in [3.63, 3.8) is 0 Å². The highest BCUT2D eigenvalue weighted by Gasteiger charge is 2.48. The third-order valence-electron chi connectivity index (χ3n) is 9.11. The molecule has 1 aromatic heterocycles. The van der Waals surface area contributed by atoms with Gasteiger partial charge in [0, 0.05) is 35.6 Å². The van der Waals surface area contributed by atoms with Gasteiger partial charge in [0.2, 0.25) is 0 Å². The topological polar surface area (TPSA) is 51.5 Å². The van der Waals surface area contributed by atoms with Crippen molar-refractivity contribution in [2.45, 2.75) is 75.8 Å². The average molecular weight is 497 g/mol. The van der Waals surface area contributed by atoms with Gasteiger partial charge in [-0.2, -0.15) is 0 Å². The van der Waals surface area contributed by atoms with E-state index in [1.54, 1.807) is 11.9 Å². The highest BCUT2D eigenvalue weighted by molar-refractivity contribution is 6.03. The Kier molecular flexibility index (Phi) is 6.18. The van der Waals surface area contributed by atoms with E-state index in [1.807, 2.05) is 6.07 Å². The number of aromatic nitrogens is 1. The summed E-state index contributed by atoms with van der Waals surface area (Å²) in [5, 5.41) is 1.26. The zero-order valence-corrected chi connectivity index (χ0v) is 22.0. The zero-order chi connectivity index (χ0) is 25.6. The van der Waals surface area contributed by atoms with Crippen LogP contribution in [-0.4, -0.2) is 41.0 Å². The number of rotatable bonds is 4. The van der Waals surface area contributed by atoms with Gasteiger partial charge in [-0.05, 0) is 54.9 Å². The molecule has 2 fully saturated rings. The van der Waals surface area contributed by atoms with Crippen LogP contribution in [0.2, 0.25) is 0 Å². The molecule has 192 valence electrons. The Morgan fingerprint density at radius 1 is 1.00 bits per heavy atom. The number of hydrogen-bond acceptors (Lipinski definition) is 3. The van der Waals surface area contributed by atoms with E-state index >= 15 is 0 Å². The van der Waals surface area contributed by atoms with E-state index in [2.05, 4.69) is 53.1 Å². The quantitative estimate of drug-likeness (QED) is 0.368. The molecule has 0 radical (unpaired) electrons. The van der Waals surface area contributed by atoms with Crippen LogP contribution in [0.1, 0.15) is 85.2 Å². The molecule has 1 amide bonds. The van der Waals surface area contributed by atoms with Crippen molar-refractivity contribution in [1.29, 1.82) is 0 Å². The first-order chi connectivity index (χ1) is 18.0. The number of carbonyl (C=O) groups is 2. The lowest BCUT2D eigenvalue weighted by molar-refractivity contribution is -0.152. The van der Waals surface area contributed by atoms with Crippen LogP contribution in [0.25, 0.3) is 28.2 Å². The molecule has 1 aliphatic heterocycles. The van der Waals surface area contributed by atoms with Crippen LogP contribution in [0.15, 0.2) is 48.5 Å². The number of esters is 1. The summed E-state index contributed by atoms with van der Waals surface area (Å²) in [6, 6.07) is 14.9. The molecule has 0 spiro atoms. The molecule has 3 aromatic rings. The Hall–Kier alpha value is -3.34. The minimum atomic E-state index is -0.869. The van der Waals surface area contributed by atoms with Crippen molar-refractivity contribution in [3.8, 4) is 11.3 Å². The molecule has 0 saturated heterocycles. The number of hydrogen-bond donors (Lipinski definition) is 0. The largest absolute Gasteiger partial charge is 0.467 e. The molecule has 3 aliphatic rings. The first kappa shape index (κ1) is 24.0. The molecule has 5 heteroatoms. The second-order valence-electron chi connectivity index (χ2n) is 11.0. The predicted octanol–water partition coefficient (Wildman–Crippen LogP) is 6.94. The van der Waals surface area contributed by atoms with E-state index < -0.39 is 5.54 Å². The third kappa shape index (κ3) is 3.82. The van der Waals surface area contributed by atoms with Crippen LogP contribution in [0.5, 0.6) is 0 Å². The number of allylic oxidation sites excluding steroid dienone is 1. The number of fused-ring (bicyclic) bond motifs is 5. The maximum absolute atomic E-state index is 13.8. The fourth-order valence-electron chi connectivity index (χ4n) is 7.15. The number of amides is 1. The lowest BCUT2D eigenvalue weighted by atomic mass is 9.81. The molecule has 2 aromatic carbocycles. The van der Waals surface area contributed by atoms with Crippen LogP contribution in [0, 0.1) is 0 Å². The molecule has 0 unspecified atom stereocenters. The molecule has 0 atom stereocenters. The smallest absolute Gasteiger partial charge is 0.331 e. The second kappa shape index (κ2) is 9.51. The molecule has 2 saturated carbocycles. The lowest BCUT2D eigenvalue weighted by Crippen LogP contribution is -2.54. The number of benzene rings is 2. The van der Waals surface area contributed by atoms with E-state index in [0.29, 0.717) is 24.3 Å². The molecule has 6 rings (SSSR count). The Balaban J connectivity index is 1.50. The number of ether oxygens (including phenoxy) is 1. The Morgan fingerprint density at radius 2 is 1.76 bits per heavy atom. The van der Waals surface area contributed by atoms with Crippen molar-refractivity contribution < 1.29 is 14.3 Å². The molecule has 2 aliphatic carbocycles. The van der Waals surface area contributed by atoms with Gasteiger partial charge in [0.05, 0.1) is 12.8 Å². The van der Waals surface area contributed by atoms with Crippen LogP contribution in [-0.2, 0) is 16.1 Å². The van der Waals surface area contributed by atoms with Gasteiger partial charge in [0.25, 0.3) is 5.91 Å². The minimum Gasteiger partial charge on any atom is -0.467 e. The SMILES string of the molecule is COC(=O)C1(N(C)C(=O)c2ccc3c(C4CCCCC4)c4n(c3c2)CC=Cc2ccccc2-4)CCCC1. The van der Waals surface area contributed by atoms with E-state index in [-0.39, 0.29) is 11.9 Å². The van der Waals surface area contributed by atoms with E-state index in [1.165, 1.54) is 67.0 Å². The average Bonchev–Trinajstić information content (AvgIpc) is 3.51. The molecule has 5 nitrogen and oxygen atoms in total. The van der Waals surface area contributed by atoms with Crippen molar-refractivity contribution in [1.82, 2.24) is 9.47 Å². The summed E-state index contributed by atoms with van der Waals surface area (Å²) in [4.78, 5) is 28.3. The van der Waals surface area contributed by atoms with Gasteiger partial charge in [-0.15, -0.1) is 0 Å². The van der Waals surface area contributed by atoms with Crippen molar-refractivity contribution in [2.24, 2.45) is 0 Å². The van der Waals surface area contributed by atoms with Gasteiger partial charge in [-0.25, -0.2) is 4.79 Å². The van der Waals surface area contributed by atoms with Gasteiger partial charge in [-0.1, -0.05) is 74.6 Å². The summed E-state index contributed by atoms with van der Waals surface area (Å²) in [5.74, 6) is 0.109. The standard InChI is InChI=1S/C32H36N2O3/c1-33(32(31(36)37-2)18-8-9-19-32)30(35)24-16-17-26-27(21-24)34-20-10-14-22-11-6-7-15-25(22)29(34)28(26)23-12-4-3-5-13-23/h6-7,10-11,14-17,21,23H,3-5,8-9,12-13,18-20H2,1-2H3. The van der Waals surface area contributed by atoms with Gasteiger partial charge < -0.3 is 14.2 Å². The highest BCUT2D eigenvalue weighted by atomic mass is 16.5. The maximum atomic E-state index is 13.8. The lowest BCUT2D eigenvalue weighted by Gasteiger charge is -2.36.